The second kappa shape index (κ2) is 7.22. The molecule has 0 bridgehead atoms. The van der Waals surface area contributed by atoms with E-state index in [4.69, 9.17) is 0 Å². The Bertz CT molecular complexity index is 1990. The van der Waals surface area contributed by atoms with E-state index in [1.807, 2.05) is 0 Å². The minimum atomic E-state index is 0.882. The van der Waals surface area contributed by atoms with E-state index in [-0.39, 0.29) is 0 Å². The largest absolute Gasteiger partial charge is 0.327 e. The Hall–Kier alpha value is -4.56. The fourth-order valence-electron chi connectivity index (χ4n) is 6.15. The Balaban J connectivity index is 1.61. The van der Waals surface area contributed by atoms with Gasteiger partial charge in [0.2, 0.25) is 0 Å². The lowest BCUT2D eigenvalue weighted by molar-refractivity contribution is 0.972. The molecule has 1 aliphatic rings. The van der Waals surface area contributed by atoms with E-state index < -0.39 is 0 Å². The summed E-state index contributed by atoms with van der Waals surface area (Å²) in [5, 5.41) is 8.89. The van der Waals surface area contributed by atoms with Crippen LogP contribution in [0.5, 0.6) is 0 Å². The molecule has 2 heteroatoms. The highest BCUT2D eigenvalue weighted by Crippen LogP contribution is 2.49. The summed E-state index contributed by atoms with van der Waals surface area (Å²) in [6.07, 6.45) is 0. The van der Waals surface area contributed by atoms with Gasteiger partial charge in [-0.3, -0.25) is 4.57 Å². The molecule has 0 fully saturated rings. The van der Waals surface area contributed by atoms with Crippen molar-refractivity contribution >= 4 is 54.7 Å². The van der Waals surface area contributed by atoms with Crippen LogP contribution in [-0.4, -0.2) is 11.1 Å². The SMILES string of the molecule is CCN1c2cc3ccccc3cc2-c2ccc3ccccc3c2-n2c1cc1cc3ccccc3cc12. The van der Waals surface area contributed by atoms with Crippen LogP contribution in [0.25, 0.3) is 60.0 Å². The Kier molecular flexibility index (Phi) is 3.96. The molecule has 0 aliphatic carbocycles. The van der Waals surface area contributed by atoms with Crippen molar-refractivity contribution in [2.24, 2.45) is 0 Å². The van der Waals surface area contributed by atoms with Crippen molar-refractivity contribution in [1.82, 2.24) is 4.57 Å². The Labute approximate surface area is 209 Å². The summed E-state index contributed by atoms with van der Waals surface area (Å²) in [7, 11) is 0. The lowest BCUT2D eigenvalue weighted by Gasteiger charge is -2.24. The zero-order chi connectivity index (χ0) is 23.8. The van der Waals surface area contributed by atoms with Gasteiger partial charge >= 0.3 is 0 Å². The summed E-state index contributed by atoms with van der Waals surface area (Å²) in [6, 6.07) is 42.6. The molecule has 0 atom stereocenters. The summed E-state index contributed by atoms with van der Waals surface area (Å²) in [5.74, 6) is 1.22. The Morgan fingerprint density at radius 2 is 1.17 bits per heavy atom. The topological polar surface area (TPSA) is 8.17 Å². The number of benzene rings is 6. The molecule has 2 heterocycles. The molecule has 0 unspecified atom stereocenters. The number of aromatic nitrogens is 1. The maximum Gasteiger partial charge on any atom is 0.118 e. The van der Waals surface area contributed by atoms with Crippen molar-refractivity contribution < 1.29 is 0 Å². The van der Waals surface area contributed by atoms with Crippen molar-refractivity contribution in [3.63, 3.8) is 0 Å². The van der Waals surface area contributed by atoms with E-state index in [1.54, 1.807) is 0 Å². The van der Waals surface area contributed by atoms with Gasteiger partial charge in [-0.2, -0.15) is 0 Å². The molecule has 1 aliphatic heterocycles. The van der Waals surface area contributed by atoms with Crippen LogP contribution in [0.1, 0.15) is 6.92 Å². The van der Waals surface area contributed by atoms with E-state index >= 15 is 0 Å². The van der Waals surface area contributed by atoms with E-state index in [2.05, 4.69) is 132 Å². The molecule has 0 spiro atoms. The van der Waals surface area contributed by atoms with Crippen LogP contribution in [0.4, 0.5) is 11.5 Å². The highest BCUT2D eigenvalue weighted by molar-refractivity contribution is 6.09. The first-order chi connectivity index (χ1) is 17.8. The number of anilines is 2. The van der Waals surface area contributed by atoms with E-state index in [0.29, 0.717) is 0 Å². The van der Waals surface area contributed by atoms with Crippen LogP contribution in [-0.2, 0) is 0 Å². The molecule has 0 radical (unpaired) electrons. The summed E-state index contributed by atoms with van der Waals surface area (Å²) >= 11 is 0. The quantitative estimate of drug-likeness (QED) is 0.237. The van der Waals surface area contributed by atoms with Crippen LogP contribution in [0, 0.1) is 0 Å². The van der Waals surface area contributed by atoms with Crippen LogP contribution < -0.4 is 4.90 Å². The van der Waals surface area contributed by atoms with Gasteiger partial charge in [0, 0.05) is 28.4 Å². The van der Waals surface area contributed by atoms with Crippen LogP contribution in [0.15, 0.2) is 115 Å². The first-order valence-electron chi connectivity index (χ1n) is 12.7. The van der Waals surface area contributed by atoms with Crippen LogP contribution in [0.3, 0.4) is 0 Å². The fraction of sp³-hybridized carbons (Fsp3) is 0.0588. The van der Waals surface area contributed by atoms with Gasteiger partial charge in [0.05, 0.1) is 16.9 Å². The smallest absolute Gasteiger partial charge is 0.118 e. The van der Waals surface area contributed by atoms with Gasteiger partial charge in [0.1, 0.15) is 5.82 Å². The first-order valence-corrected chi connectivity index (χ1v) is 12.7. The van der Waals surface area contributed by atoms with E-state index in [0.717, 1.165) is 6.54 Å². The molecule has 1 aromatic heterocycles. The number of hydrogen-bond donors (Lipinski definition) is 0. The maximum absolute atomic E-state index is 2.51. The summed E-state index contributed by atoms with van der Waals surface area (Å²) in [6.45, 7) is 3.14. The number of fused-ring (bicyclic) bond motifs is 11. The monoisotopic (exact) mass is 460 g/mol. The fourth-order valence-corrected chi connectivity index (χ4v) is 6.15. The lowest BCUT2D eigenvalue weighted by atomic mass is 9.94. The van der Waals surface area contributed by atoms with Gasteiger partial charge in [0.25, 0.3) is 0 Å². The number of hydrogen-bond acceptors (Lipinski definition) is 1. The summed E-state index contributed by atoms with van der Waals surface area (Å²) in [5.41, 5.74) is 6.34. The van der Waals surface area contributed by atoms with Gasteiger partial charge in [-0.25, -0.2) is 0 Å². The molecule has 36 heavy (non-hydrogen) atoms. The van der Waals surface area contributed by atoms with Crippen molar-refractivity contribution in [1.29, 1.82) is 0 Å². The second-order valence-corrected chi connectivity index (χ2v) is 9.74. The van der Waals surface area contributed by atoms with Crippen molar-refractivity contribution in [3.05, 3.63) is 115 Å². The highest BCUT2D eigenvalue weighted by Gasteiger charge is 2.28. The minimum absolute atomic E-state index is 0.882. The molecule has 0 saturated carbocycles. The van der Waals surface area contributed by atoms with E-state index in [1.165, 1.54) is 71.5 Å². The molecule has 8 rings (SSSR count). The van der Waals surface area contributed by atoms with Crippen LogP contribution in [0.2, 0.25) is 0 Å². The zero-order valence-corrected chi connectivity index (χ0v) is 20.1. The lowest BCUT2D eigenvalue weighted by Crippen LogP contribution is -2.18. The van der Waals surface area contributed by atoms with Gasteiger partial charge in [-0.1, -0.05) is 84.9 Å². The van der Waals surface area contributed by atoms with Gasteiger partial charge in [-0.15, -0.1) is 0 Å². The molecule has 170 valence electrons. The van der Waals surface area contributed by atoms with Crippen molar-refractivity contribution in [2.45, 2.75) is 6.92 Å². The Morgan fingerprint density at radius 3 is 1.92 bits per heavy atom. The Morgan fingerprint density at radius 1 is 0.528 bits per heavy atom. The first kappa shape index (κ1) is 19.7. The molecule has 0 saturated heterocycles. The number of nitrogens with zero attached hydrogens (tertiary/aromatic N) is 2. The zero-order valence-electron chi connectivity index (χ0n) is 20.1. The normalized spacial score (nSPS) is 12.6. The second-order valence-electron chi connectivity index (χ2n) is 9.74. The predicted octanol–water partition coefficient (Wildman–Crippen LogP) is 9.23. The summed E-state index contributed by atoms with van der Waals surface area (Å²) < 4.78 is 2.51. The van der Waals surface area contributed by atoms with Crippen molar-refractivity contribution in [3.8, 4) is 16.8 Å². The molecular weight excluding hydrogens is 436 g/mol. The third-order valence-corrected chi connectivity index (χ3v) is 7.81. The summed E-state index contributed by atoms with van der Waals surface area (Å²) in [4.78, 5) is 2.49. The van der Waals surface area contributed by atoms with Gasteiger partial charge in [0.15, 0.2) is 0 Å². The van der Waals surface area contributed by atoms with Crippen LogP contribution >= 0.6 is 0 Å². The predicted molar refractivity (Wildman–Crippen MR) is 154 cm³/mol. The average molecular weight is 461 g/mol. The molecule has 0 amide bonds. The molecule has 0 N–H and O–H groups in total. The molecular formula is C34H24N2. The van der Waals surface area contributed by atoms with E-state index in [9.17, 15) is 0 Å². The third-order valence-electron chi connectivity index (χ3n) is 7.81. The van der Waals surface area contributed by atoms with Gasteiger partial charge in [-0.05, 0) is 64.2 Å². The third kappa shape index (κ3) is 2.61. The average Bonchev–Trinajstić information content (AvgIpc) is 3.23. The maximum atomic E-state index is 2.51. The molecule has 7 aromatic rings. The van der Waals surface area contributed by atoms with Crippen molar-refractivity contribution in [2.75, 3.05) is 11.4 Å². The standard InChI is InChI=1S/C34H24N2/c1-2-35-32-20-26-13-6-4-11-24(26)18-30(32)29-16-15-22-9-7-8-14-28(22)34(29)36-31-19-25-12-5-3-10-23(25)17-27(31)21-33(35)36/h3-21H,2H2,1H3. The minimum Gasteiger partial charge on any atom is -0.327 e. The molecule has 2 nitrogen and oxygen atoms in total. The molecule has 6 aromatic carbocycles. The highest BCUT2D eigenvalue weighted by atomic mass is 15.3. The van der Waals surface area contributed by atoms with Gasteiger partial charge < -0.3 is 4.90 Å². The number of rotatable bonds is 1.